The maximum absolute atomic E-state index is 13.9. The number of imidazole rings is 1. The van der Waals surface area contributed by atoms with Gasteiger partial charge in [-0.05, 0) is 17.5 Å². The Hall–Kier alpha value is -2.58. The summed E-state index contributed by atoms with van der Waals surface area (Å²) in [7, 11) is 0. The molecule has 0 spiro atoms. The lowest BCUT2D eigenvalue weighted by Gasteiger charge is -2.32. The molecule has 1 saturated carbocycles. The number of alkyl halides is 2. The lowest BCUT2D eigenvalue weighted by Crippen LogP contribution is -3.00. The third-order valence-electron chi connectivity index (χ3n) is 6.75. The molecule has 4 rings (SSSR count). The quantitative estimate of drug-likeness (QED) is 0.250. The van der Waals surface area contributed by atoms with Crippen LogP contribution in [0.15, 0.2) is 73.1 Å². The molecule has 2 aromatic carbocycles. The number of nitrogens with zero attached hydrogens (tertiary/aromatic N) is 2. The van der Waals surface area contributed by atoms with E-state index in [1.165, 1.54) is 5.56 Å². The molecule has 0 amide bonds. The molecule has 0 bridgehead atoms. The predicted molar refractivity (Wildman–Crippen MR) is 123 cm³/mol. The fourth-order valence-corrected chi connectivity index (χ4v) is 4.75. The first kappa shape index (κ1) is 27.0. The third kappa shape index (κ3) is 6.16. The van der Waals surface area contributed by atoms with E-state index in [0.29, 0.717) is 18.5 Å². The SMILES string of the molecule is Cc1n(CCCOC(=O)[C@](O)(c2ccccc2)[C@@H]2CCC(F)(F)C2)cc[n+]1Cc1ccccc1.[Br-]. The maximum Gasteiger partial charge on any atom is 0.343 e. The number of ether oxygens (including phenoxy) is 1. The molecule has 0 unspecified atom stereocenters. The van der Waals surface area contributed by atoms with Crippen molar-refractivity contribution in [1.82, 2.24) is 4.57 Å². The smallest absolute Gasteiger partial charge is 0.343 e. The number of rotatable bonds is 9. The molecule has 35 heavy (non-hydrogen) atoms. The number of aryl methyl sites for hydroxylation is 1. The third-order valence-corrected chi connectivity index (χ3v) is 6.75. The Morgan fingerprint density at radius 3 is 2.46 bits per heavy atom. The zero-order valence-corrected chi connectivity index (χ0v) is 21.3. The molecule has 1 aromatic heterocycles. The van der Waals surface area contributed by atoms with Gasteiger partial charge in [0, 0.05) is 32.1 Å². The van der Waals surface area contributed by atoms with Crippen LogP contribution in [0.2, 0.25) is 0 Å². The molecule has 1 N–H and O–H groups in total. The van der Waals surface area contributed by atoms with Gasteiger partial charge in [0.2, 0.25) is 5.92 Å². The van der Waals surface area contributed by atoms with Crippen molar-refractivity contribution in [2.24, 2.45) is 5.92 Å². The van der Waals surface area contributed by atoms with Crippen LogP contribution in [0, 0.1) is 12.8 Å². The van der Waals surface area contributed by atoms with Gasteiger partial charge in [-0.2, -0.15) is 0 Å². The van der Waals surface area contributed by atoms with Gasteiger partial charge in [0.05, 0.1) is 13.2 Å². The van der Waals surface area contributed by atoms with Crippen LogP contribution < -0.4 is 21.5 Å². The standard InChI is InChI=1S/C27H31F2N2O3.BrH/c1-21-30(16-17-31(21)20-22-9-4-2-5-10-22)15-8-18-34-25(32)27(33,23-11-6-3-7-12-23)24-13-14-26(28,29)19-24;/h2-7,9-12,16-17,24,33H,8,13-15,18-20H2,1H3;1H/q+1;/p-1/t24-,27+;/m1./s1. The fourth-order valence-electron chi connectivity index (χ4n) is 4.75. The molecule has 188 valence electrons. The molecule has 1 aliphatic rings. The van der Waals surface area contributed by atoms with Gasteiger partial charge in [-0.3, -0.25) is 0 Å². The summed E-state index contributed by atoms with van der Waals surface area (Å²) in [4.78, 5) is 13.0. The average Bonchev–Trinajstić information content (AvgIpc) is 3.39. The van der Waals surface area contributed by atoms with E-state index in [4.69, 9.17) is 4.74 Å². The van der Waals surface area contributed by atoms with Gasteiger partial charge in [-0.15, -0.1) is 0 Å². The highest BCUT2D eigenvalue weighted by Crippen LogP contribution is 2.47. The second-order valence-electron chi connectivity index (χ2n) is 9.07. The van der Waals surface area contributed by atoms with Crippen molar-refractivity contribution in [2.45, 2.75) is 57.2 Å². The van der Waals surface area contributed by atoms with Crippen LogP contribution in [0.1, 0.15) is 42.6 Å². The molecule has 5 nitrogen and oxygen atoms in total. The Balaban J connectivity index is 0.00000342. The van der Waals surface area contributed by atoms with Crippen LogP contribution in [-0.4, -0.2) is 28.2 Å². The molecular formula is C27H31BrF2N2O3. The van der Waals surface area contributed by atoms with E-state index >= 15 is 0 Å². The van der Waals surface area contributed by atoms with Gasteiger partial charge in [0.15, 0.2) is 5.60 Å². The molecule has 3 aromatic rings. The topological polar surface area (TPSA) is 55.3 Å². The van der Waals surface area contributed by atoms with Gasteiger partial charge in [-0.1, -0.05) is 60.7 Å². The van der Waals surface area contributed by atoms with Crippen molar-refractivity contribution >= 4 is 5.97 Å². The Kier molecular flexibility index (Phi) is 8.83. The number of esters is 1. The highest BCUT2D eigenvalue weighted by molar-refractivity contribution is 5.81. The van der Waals surface area contributed by atoms with E-state index in [1.54, 1.807) is 30.3 Å². The minimum Gasteiger partial charge on any atom is -1.00 e. The Morgan fingerprint density at radius 1 is 1.17 bits per heavy atom. The van der Waals surface area contributed by atoms with E-state index in [-0.39, 0.29) is 36.4 Å². The Bertz CT molecular complexity index is 1110. The molecule has 0 radical (unpaired) electrons. The van der Waals surface area contributed by atoms with Gasteiger partial charge in [0.1, 0.15) is 18.9 Å². The summed E-state index contributed by atoms with van der Waals surface area (Å²) in [6, 6.07) is 18.5. The fraction of sp³-hybridized carbons (Fsp3) is 0.407. The zero-order chi connectivity index (χ0) is 24.2. The van der Waals surface area contributed by atoms with Crippen LogP contribution >= 0.6 is 0 Å². The van der Waals surface area contributed by atoms with Crippen molar-refractivity contribution < 1.29 is 45.0 Å². The molecule has 0 saturated heterocycles. The van der Waals surface area contributed by atoms with Crippen LogP contribution in [0.3, 0.4) is 0 Å². The lowest BCUT2D eigenvalue weighted by atomic mass is 9.80. The second kappa shape index (κ2) is 11.4. The second-order valence-corrected chi connectivity index (χ2v) is 9.07. The summed E-state index contributed by atoms with van der Waals surface area (Å²) in [5.41, 5.74) is -0.575. The molecular weight excluding hydrogens is 518 g/mol. The maximum atomic E-state index is 13.9. The molecule has 1 aliphatic carbocycles. The van der Waals surface area contributed by atoms with E-state index in [9.17, 15) is 18.7 Å². The predicted octanol–water partition coefficient (Wildman–Crippen LogP) is 1.39. The summed E-state index contributed by atoms with van der Waals surface area (Å²) >= 11 is 0. The largest absolute Gasteiger partial charge is 1.00 e. The summed E-state index contributed by atoms with van der Waals surface area (Å²) < 4.78 is 37.5. The number of aliphatic hydroxyl groups is 1. The average molecular weight is 549 g/mol. The summed E-state index contributed by atoms with van der Waals surface area (Å²) in [5, 5.41) is 11.4. The van der Waals surface area contributed by atoms with Crippen LogP contribution in [-0.2, 0) is 28.2 Å². The Labute approximate surface area is 215 Å². The first-order valence-corrected chi connectivity index (χ1v) is 11.7. The highest BCUT2D eigenvalue weighted by Gasteiger charge is 2.54. The number of benzene rings is 2. The number of carbonyl (C=O) groups excluding carboxylic acids is 1. The lowest BCUT2D eigenvalue weighted by molar-refractivity contribution is -0.694. The van der Waals surface area contributed by atoms with Crippen LogP contribution in [0.5, 0.6) is 0 Å². The summed E-state index contributed by atoms with van der Waals surface area (Å²) in [6.45, 7) is 3.52. The monoisotopic (exact) mass is 548 g/mol. The van der Waals surface area contributed by atoms with Crippen molar-refractivity contribution in [3.8, 4) is 0 Å². The van der Waals surface area contributed by atoms with Gasteiger partial charge in [0.25, 0.3) is 5.82 Å². The minimum atomic E-state index is -2.88. The Morgan fingerprint density at radius 2 is 1.83 bits per heavy atom. The number of hydrogen-bond acceptors (Lipinski definition) is 3. The summed E-state index contributed by atoms with van der Waals surface area (Å²) in [5.74, 6) is -3.55. The van der Waals surface area contributed by atoms with E-state index in [2.05, 4.69) is 21.3 Å². The first-order valence-electron chi connectivity index (χ1n) is 11.7. The highest BCUT2D eigenvalue weighted by atomic mass is 79.9. The minimum absolute atomic E-state index is 0. The first-order chi connectivity index (χ1) is 16.3. The number of aromatic nitrogens is 2. The summed E-state index contributed by atoms with van der Waals surface area (Å²) in [6.07, 6.45) is 3.74. The van der Waals surface area contributed by atoms with E-state index < -0.39 is 29.8 Å². The molecule has 1 fully saturated rings. The van der Waals surface area contributed by atoms with Gasteiger partial charge in [-0.25, -0.2) is 22.7 Å². The van der Waals surface area contributed by atoms with Gasteiger partial charge >= 0.3 is 5.97 Å². The zero-order valence-electron chi connectivity index (χ0n) is 19.7. The van der Waals surface area contributed by atoms with Crippen LogP contribution in [0.25, 0.3) is 0 Å². The number of halogens is 3. The van der Waals surface area contributed by atoms with Crippen molar-refractivity contribution in [2.75, 3.05) is 6.61 Å². The van der Waals surface area contributed by atoms with Crippen molar-refractivity contribution in [3.05, 3.63) is 90.0 Å². The number of hydrogen-bond donors (Lipinski definition) is 1. The van der Waals surface area contributed by atoms with E-state index in [1.807, 2.05) is 37.5 Å². The molecule has 1 heterocycles. The number of carbonyl (C=O) groups is 1. The normalized spacial score (nSPS) is 18.5. The van der Waals surface area contributed by atoms with Gasteiger partial charge < -0.3 is 26.8 Å². The molecule has 0 aliphatic heterocycles. The molecule has 8 heteroatoms. The van der Waals surface area contributed by atoms with Crippen LogP contribution in [0.4, 0.5) is 8.78 Å². The molecule has 2 atom stereocenters. The van der Waals surface area contributed by atoms with Crippen molar-refractivity contribution in [1.29, 1.82) is 0 Å². The van der Waals surface area contributed by atoms with Crippen molar-refractivity contribution in [3.63, 3.8) is 0 Å². The van der Waals surface area contributed by atoms with E-state index in [0.717, 1.165) is 12.4 Å².